The van der Waals surface area contributed by atoms with Gasteiger partial charge in [-0.25, -0.2) is 0 Å². The molecule has 0 bridgehead atoms. The highest BCUT2D eigenvalue weighted by Gasteiger charge is 2.18. The van der Waals surface area contributed by atoms with E-state index in [1.807, 2.05) is 66.7 Å². The van der Waals surface area contributed by atoms with Gasteiger partial charge >= 0.3 is 0 Å². The van der Waals surface area contributed by atoms with Crippen LogP contribution in [0.15, 0.2) is 94.7 Å². The Morgan fingerprint density at radius 3 is 2.19 bits per heavy atom. The van der Waals surface area contributed by atoms with Crippen LogP contribution in [0, 0.1) is 0 Å². The van der Waals surface area contributed by atoms with Crippen LogP contribution in [0.3, 0.4) is 0 Å². The largest absolute Gasteiger partial charge is 0.550 e. The first kappa shape index (κ1) is 17.4. The normalized spacial score (nSPS) is 11.0. The van der Waals surface area contributed by atoms with E-state index in [1.54, 1.807) is 11.8 Å². The van der Waals surface area contributed by atoms with E-state index in [0.717, 1.165) is 32.0 Å². The molecule has 3 nitrogen and oxygen atoms in total. The van der Waals surface area contributed by atoms with Crippen LogP contribution < -0.4 is 5.11 Å². The number of nitrogens with zero attached hydrogens (tertiary/aromatic N) is 1. The predicted molar refractivity (Wildman–Crippen MR) is 107 cm³/mol. The topological polar surface area (TPSA) is 45.1 Å². The summed E-state index contributed by atoms with van der Waals surface area (Å²) in [5.74, 6) is -1.07. The van der Waals surface area contributed by atoms with Gasteiger partial charge in [-0.15, -0.1) is 0 Å². The number of carbonyl (C=O) groups excluding carboxylic acids is 1. The third-order valence-corrected chi connectivity index (χ3v) is 5.65. The maximum Gasteiger partial charge on any atom is 0.0497 e. The molecule has 4 aromatic rings. The lowest BCUT2D eigenvalue weighted by Crippen LogP contribution is -2.26. The van der Waals surface area contributed by atoms with Gasteiger partial charge in [0.15, 0.2) is 0 Å². The molecule has 134 valence electrons. The molecular weight excluding hydrogens is 354 g/mol. The van der Waals surface area contributed by atoms with Crippen molar-refractivity contribution in [3.8, 4) is 0 Å². The van der Waals surface area contributed by atoms with Gasteiger partial charge in [0, 0.05) is 45.3 Å². The Labute approximate surface area is 162 Å². The van der Waals surface area contributed by atoms with Crippen molar-refractivity contribution in [1.29, 1.82) is 0 Å². The van der Waals surface area contributed by atoms with Crippen molar-refractivity contribution in [3.05, 3.63) is 96.2 Å². The molecule has 0 amide bonds. The van der Waals surface area contributed by atoms with Crippen LogP contribution in [0.4, 0.5) is 0 Å². The Hall–Kier alpha value is -2.98. The first-order valence-corrected chi connectivity index (χ1v) is 9.61. The van der Waals surface area contributed by atoms with E-state index in [2.05, 4.69) is 22.8 Å². The second kappa shape index (κ2) is 7.72. The minimum Gasteiger partial charge on any atom is -0.550 e. The number of carbonyl (C=O) groups is 1. The van der Waals surface area contributed by atoms with Gasteiger partial charge in [-0.05, 0) is 23.8 Å². The maximum absolute atomic E-state index is 11.5. The third kappa shape index (κ3) is 3.76. The highest BCUT2D eigenvalue weighted by molar-refractivity contribution is 7.99. The number of para-hydroxylation sites is 1. The Morgan fingerprint density at radius 2 is 1.48 bits per heavy atom. The third-order valence-electron chi connectivity index (χ3n) is 4.49. The molecule has 4 rings (SSSR count). The number of carboxylic acid groups (broad SMARTS) is 1. The summed E-state index contributed by atoms with van der Waals surface area (Å²) < 4.78 is 2.10. The smallest absolute Gasteiger partial charge is 0.0497 e. The lowest BCUT2D eigenvalue weighted by Gasteiger charge is -2.13. The molecule has 27 heavy (non-hydrogen) atoms. The zero-order valence-electron chi connectivity index (χ0n) is 14.7. The Balaban J connectivity index is 1.88. The van der Waals surface area contributed by atoms with E-state index >= 15 is 0 Å². The van der Waals surface area contributed by atoms with Crippen molar-refractivity contribution in [1.82, 2.24) is 4.57 Å². The number of carboxylic acids is 1. The van der Waals surface area contributed by atoms with E-state index in [1.165, 1.54) is 0 Å². The number of benzene rings is 3. The number of hydrogen-bond acceptors (Lipinski definition) is 3. The number of fused-ring (bicyclic) bond motifs is 1. The molecule has 0 unspecified atom stereocenters. The van der Waals surface area contributed by atoms with Gasteiger partial charge in [-0.3, -0.25) is 0 Å². The highest BCUT2D eigenvalue weighted by atomic mass is 32.2. The fourth-order valence-corrected chi connectivity index (χ4v) is 4.42. The molecule has 1 aromatic heterocycles. The van der Waals surface area contributed by atoms with E-state index in [-0.39, 0.29) is 6.42 Å². The van der Waals surface area contributed by atoms with Gasteiger partial charge in [0.25, 0.3) is 0 Å². The van der Waals surface area contributed by atoms with Crippen LogP contribution in [0.1, 0.15) is 11.3 Å². The summed E-state index contributed by atoms with van der Waals surface area (Å²) in [5, 5.41) is 12.6. The Bertz CT molecular complexity index is 993. The molecular formula is C23H18NO2S-. The van der Waals surface area contributed by atoms with E-state index in [0.29, 0.717) is 6.54 Å². The zero-order chi connectivity index (χ0) is 18.6. The first-order chi connectivity index (χ1) is 13.2. The molecule has 0 radical (unpaired) electrons. The number of hydrogen-bond donors (Lipinski definition) is 0. The molecule has 0 fully saturated rings. The summed E-state index contributed by atoms with van der Waals surface area (Å²) in [6, 6.07) is 28.2. The molecule has 0 N–H and O–H groups in total. The monoisotopic (exact) mass is 372 g/mol. The number of aromatic nitrogens is 1. The summed E-state index contributed by atoms with van der Waals surface area (Å²) in [5.41, 5.74) is 2.96. The molecule has 0 spiro atoms. The minimum atomic E-state index is -1.07. The van der Waals surface area contributed by atoms with E-state index in [4.69, 9.17) is 0 Å². The fourth-order valence-electron chi connectivity index (χ4n) is 3.30. The second-order valence-electron chi connectivity index (χ2n) is 6.33. The van der Waals surface area contributed by atoms with Crippen molar-refractivity contribution in [2.45, 2.75) is 22.8 Å². The molecule has 0 aliphatic rings. The van der Waals surface area contributed by atoms with Gasteiger partial charge in [-0.2, -0.15) is 0 Å². The van der Waals surface area contributed by atoms with Gasteiger partial charge in [0.05, 0.1) is 0 Å². The van der Waals surface area contributed by atoms with Gasteiger partial charge in [0.1, 0.15) is 0 Å². The van der Waals surface area contributed by atoms with E-state index in [9.17, 15) is 9.90 Å². The van der Waals surface area contributed by atoms with Gasteiger partial charge < -0.3 is 14.5 Å². The second-order valence-corrected chi connectivity index (χ2v) is 7.41. The quantitative estimate of drug-likeness (QED) is 0.511. The van der Waals surface area contributed by atoms with Crippen molar-refractivity contribution >= 4 is 28.6 Å². The van der Waals surface area contributed by atoms with Crippen molar-refractivity contribution in [3.63, 3.8) is 0 Å². The summed E-state index contributed by atoms with van der Waals surface area (Å²) >= 11 is 1.61. The Kier molecular flexibility index (Phi) is 4.99. The number of rotatable bonds is 6. The van der Waals surface area contributed by atoms with Gasteiger partial charge in [-0.1, -0.05) is 78.5 Å². The van der Waals surface area contributed by atoms with Crippen LogP contribution in [-0.4, -0.2) is 10.5 Å². The van der Waals surface area contributed by atoms with Crippen LogP contribution in [0.25, 0.3) is 10.9 Å². The van der Waals surface area contributed by atoms with Crippen LogP contribution in [0.2, 0.25) is 0 Å². The van der Waals surface area contributed by atoms with Gasteiger partial charge in [0.2, 0.25) is 0 Å². The minimum absolute atomic E-state index is 0.114. The first-order valence-electron chi connectivity index (χ1n) is 8.79. The molecule has 0 atom stereocenters. The molecule has 0 saturated heterocycles. The summed E-state index contributed by atoms with van der Waals surface area (Å²) in [4.78, 5) is 13.6. The summed E-state index contributed by atoms with van der Waals surface area (Å²) in [6.45, 7) is 0.624. The molecule has 0 aliphatic carbocycles. The Morgan fingerprint density at radius 1 is 0.852 bits per heavy atom. The van der Waals surface area contributed by atoms with Crippen molar-refractivity contribution < 1.29 is 9.90 Å². The molecule has 4 heteroatoms. The highest BCUT2D eigenvalue weighted by Crippen LogP contribution is 2.39. The maximum atomic E-state index is 11.5. The van der Waals surface area contributed by atoms with Crippen molar-refractivity contribution in [2.75, 3.05) is 0 Å². The standard InChI is InChI=1S/C23H19NO2S/c25-22(26)15-21-23(27-18-11-5-2-6-12-18)19-13-7-8-14-20(19)24(21)16-17-9-3-1-4-10-17/h1-14H,15-16H2,(H,25,26)/p-1. The average molecular weight is 372 g/mol. The molecule has 3 aromatic carbocycles. The zero-order valence-corrected chi connectivity index (χ0v) is 15.5. The fraction of sp³-hybridized carbons (Fsp3) is 0.0870. The van der Waals surface area contributed by atoms with Crippen LogP contribution in [0.5, 0.6) is 0 Å². The van der Waals surface area contributed by atoms with Crippen LogP contribution in [-0.2, 0) is 17.8 Å². The lowest BCUT2D eigenvalue weighted by molar-refractivity contribution is -0.304. The van der Waals surface area contributed by atoms with Crippen LogP contribution >= 0.6 is 11.8 Å². The summed E-state index contributed by atoms with van der Waals surface area (Å²) in [6.07, 6.45) is -0.114. The molecule has 0 aliphatic heterocycles. The van der Waals surface area contributed by atoms with Crippen molar-refractivity contribution in [2.24, 2.45) is 0 Å². The molecule has 0 saturated carbocycles. The average Bonchev–Trinajstić information content (AvgIpc) is 2.96. The summed E-state index contributed by atoms with van der Waals surface area (Å²) in [7, 11) is 0. The SMILES string of the molecule is O=C([O-])Cc1c(Sc2ccccc2)c2ccccc2n1Cc1ccccc1. The van der Waals surface area contributed by atoms with E-state index < -0.39 is 5.97 Å². The lowest BCUT2D eigenvalue weighted by atomic mass is 10.2. The number of aliphatic carboxylic acids is 1. The predicted octanol–water partition coefficient (Wildman–Crippen LogP) is 4.13. The molecule has 1 heterocycles.